The van der Waals surface area contributed by atoms with Crippen molar-refractivity contribution in [2.24, 2.45) is 11.1 Å². The monoisotopic (exact) mass is 536 g/mol. The summed E-state index contributed by atoms with van der Waals surface area (Å²) in [6.45, 7) is 19.7. The first-order valence-electron chi connectivity index (χ1n) is 13.2. The Balaban J connectivity index is -0.000000641. The first-order valence-corrected chi connectivity index (χ1v) is 13.2. The molecule has 0 saturated heterocycles. The number of hydrogen-bond donors (Lipinski definition) is 4. The number of carbonyl (C=O) groups excluding carboxylic acids is 2. The summed E-state index contributed by atoms with van der Waals surface area (Å²) in [5.74, 6) is -0.837. The van der Waals surface area contributed by atoms with Crippen LogP contribution < -0.4 is 16.4 Å². The van der Waals surface area contributed by atoms with Gasteiger partial charge in [0.05, 0.1) is 0 Å². The Morgan fingerprint density at radius 3 is 1.92 bits per heavy atom. The van der Waals surface area contributed by atoms with Crippen molar-refractivity contribution in [3.63, 3.8) is 0 Å². The Labute approximate surface area is 232 Å². The van der Waals surface area contributed by atoms with Crippen molar-refractivity contribution in [2.75, 3.05) is 27.7 Å². The van der Waals surface area contributed by atoms with Crippen molar-refractivity contribution in [1.82, 2.24) is 15.5 Å². The molecule has 0 fully saturated rings. The molecule has 0 spiro atoms. The minimum absolute atomic E-state index is 0.0780. The summed E-state index contributed by atoms with van der Waals surface area (Å²) in [5.41, 5.74) is 7.12. The topological polar surface area (TPSA) is 125 Å². The molecule has 0 aliphatic rings. The lowest BCUT2D eigenvalue weighted by Gasteiger charge is -2.30. The van der Waals surface area contributed by atoms with Gasteiger partial charge in [-0.25, -0.2) is 4.79 Å². The van der Waals surface area contributed by atoms with E-state index in [0.29, 0.717) is 19.4 Å². The number of benzene rings is 1. The van der Waals surface area contributed by atoms with Gasteiger partial charge in [0.1, 0.15) is 0 Å². The minimum atomic E-state index is -0.954. The van der Waals surface area contributed by atoms with Crippen LogP contribution in [0.5, 0.6) is 0 Å². The van der Waals surface area contributed by atoms with Gasteiger partial charge >= 0.3 is 5.97 Å². The third kappa shape index (κ3) is 19.4. The molecule has 1 aromatic carbocycles. The van der Waals surface area contributed by atoms with E-state index in [1.807, 2.05) is 7.05 Å². The number of rotatable bonds is 10. The molecule has 8 nitrogen and oxygen atoms in total. The molecule has 0 aromatic heterocycles. The number of nitrogens with one attached hydrogen (secondary N) is 2. The zero-order chi connectivity index (χ0) is 30.5. The summed E-state index contributed by atoms with van der Waals surface area (Å²) in [5, 5.41) is 14.7. The van der Waals surface area contributed by atoms with Crippen LogP contribution in [0.25, 0.3) is 0 Å². The molecule has 8 heteroatoms. The molecule has 0 saturated carbocycles. The van der Waals surface area contributed by atoms with Gasteiger partial charge < -0.3 is 26.4 Å². The van der Waals surface area contributed by atoms with Gasteiger partial charge in [-0.3, -0.25) is 9.59 Å². The van der Waals surface area contributed by atoms with E-state index in [4.69, 9.17) is 5.11 Å². The van der Waals surface area contributed by atoms with Gasteiger partial charge in [-0.2, -0.15) is 0 Å². The van der Waals surface area contributed by atoms with Gasteiger partial charge in [0.15, 0.2) is 0 Å². The number of amides is 2. The second-order valence-electron chi connectivity index (χ2n) is 10.9. The molecule has 5 N–H and O–H groups in total. The van der Waals surface area contributed by atoms with Crippen molar-refractivity contribution in [2.45, 2.75) is 93.2 Å². The normalized spacial score (nSPS) is 11.8. The Morgan fingerprint density at radius 1 is 1.08 bits per heavy atom. The van der Waals surface area contributed by atoms with Crippen LogP contribution in [-0.4, -0.2) is 62.0 Å². The molecule has 1 rings (SSSR count). The van der Waals surface area contributed by atoms with Gasteiger partial charge in [0.2, 0.25) is 12.3 Å². The molecule has 0 radical (unpaired) electrons. The molecule has 0 aliphatic heterocycles. The Kier molecular flexibility index (Phi) is 22.3. The maximum atomic E-state index is 12.3. The third-order valence-corrected chi connectivity index (χ3v) is 5.60. The number of likely N-dealkylation sites (N-methyl/N-ethyl adjacent to an activating group) is 1. The summed E-state index contributed by atoms with van der Waals surface area (Å²) in [6.07, 6.45) is 3.88. The van der Waals surface area contributed by atoms with Crippen LogP contribution in [0.4, 0.5) is 0 Å². The molecule has 1 unspecified atom stereocenters. The van der Waals surface area contributed by atoms with Crippen molar-refractivity contribution in [1.29, 1.82) is 0 Å². The van der Waals surface area contributed by atoms with E-state index in [1.54, 1.807) is 7.05 Å². The van der Waals surface area contributed by atoms with Crippen molar-refractivity contribution < 1.29 is 19.5 Å². The maximum Gasteiger partial charge on any atom is 0.331 e. The van der Waals surface area contributed by atoms with Crippen molar-refractivity contribution in [3.8, 4) is 0 Å². The van der Waals surface area contributed by atoms with Crippen LogP contribution in [-0.2, 0) is 26.3 Å². The first kappa shape index (κ1) is 39.8. The zero-order valence-corrected chi connectivity index (χ0v) is 26.1. The zero-order valence-electron chi connectivity index (χ0n) is 26.1. The van der Waals surface area contributed by atoms with E-state index >= 15 is 0 Å². The highest BCUT2D eigenvalue weighted by Crippen LogP contribution is 2.28. The molecule has 0 aliphatic carbocycles. The Bertz CT molecular complexity index is 813. The largest absolute Gasteiger partial charge is 0.478 e. The molecule has 1 atom stereocenters. The van der Waals surface area contributed by atoms with E-state index in [1.165, 1.54) is 42.5 Å². The Morgan fingerprint density at radius 2 is 1.55 bits per heavy atom. The number of carboxylic acids is 1. The second kappa shape index (κ2) is 21.2. The maximum absolute atomic E-state index is 12.3. The third-order valence-electron chi connectivity index (χ3n) is 5.60. The molecule has 0 bridgehead atoms. The van der Waals surface area contributed by atoms with Gasteiger partial charge in [-0.05, 0) is 49.9 Å². The van der Waals surface area contributed by atoms with E-state index in [-0.39, 0.29) is 28.4 Å². The average Bonchev–Trinajstić information content (AvgIpc) is 2.84. The number of carbonyl (C=O) groups is 3. The number of nitrogens with zero attached hydrogens (tertiary/aromatic N) is 1. The fourth-order valence-electron chi connectivity index (χ4n) is 2.70. The smallest absolute Gasteiger partial charge is 0.331 e. The second-order valence-corrected chi connectivity index (χ2v) is 10.9. The highest BCUT2D eigenvalue weighted by atomic mass is 16.4. The average molecular weight is 537 g/mol. The lowest BCUT2D eigenvalue weighted by atomic mass is 9.80. The summed E-state index contributed by atoms with van der Waals surface area (Å²) < 4.78 is 0. The summed E-state index contributed by atoms with van der Waals surface area (Å²) in [4.78, 5) is 34.0. The van der Waals surface area contributed by atoms with Crippen LogP contribution in [0.2, 0.25) is 0 Å². The summed E-state index contributed by atoms with van der Waals surface area (Å²) >= 11 is 0. The predicted molar refractivity (Wildman–Crippen MR) is 160 cm³/mol. The van der Waals surface area contributed by atoms with Gasteiger partial charge in [0, 0.05) is 38.2 Å². The van der Waals surface area contributed by atoms with Gasteiger partial charge in [-0.1, -0.05) is 85.2 Å². The molecule has 38 heavy (non-hydrogen) atoms. The van der Waals surface area contributed by atoms with Crippen LogP contribution in [0.3, 0.4) is 0 Å². The predicted octanol–water partition coefficient (Wildman–Crippen LogP) is 4.72. The van der Waals surface area contributed by atoms with Gasteiger partial charge in [-0.15, -0.1) is 0 Å². The van der Waals surface area contributed by atoms with Crippen LogP contribution in [0, 0.1) is 5.41 Å². The van der Waals surface area contributed by atoms with E-state index in [0.717, 1.165) is 6.54 Å². The molecule has 0 heterocycles. The molecular weight excluding hydrogens is 480 g/mol. The highest BCUT2D eigenvalue weighted by Gasteiger charge is 2.27. The number of hydrogen-bond acceptors (Lipinski definition) is 5. The van der Waals surface area contributed by atoms with E-state index in [2.05, 4.69) is 96.0 Å². The number of aliphatic carboxylic acids is 1. The SMILES string of the molecule is C/C(=C\CN(C)C=O)C(=O)O.CCC.CN.CNCc1ccc(C(C)(C)CC(=O)NC(C)C(C)(C)C)cc1. The van der Waals surface area contributed by atoms with Crippen molar-refractivity contribution in [3.05, 3.63) is 47.0 Å². The highest BCUT2D eigenvalue weighted by molar-refractivity contribution is 5.85. The number of carboxylic acid groups (broad SMARTS) is 1. The molecule has 220 valence electrons. The van der Waals surface area contributed by atoms with Crippen LogP contribution >= 0.6 is 0 Å². The minimum Gasteiger partial charge on any atom is -0.478 e. The molecular formula is C30H56N4O4. The molecule has 1 aromatic rings. The van der Waals surface area contributed by atoms with Crippen LogP contribution in [0.1, 0.15) is 86.3 Å². The fraction of sp³-hybridized carbons (Fsp3) is 0.633. The quantitative estimate of drug-likeness (QED) is 0.253. The lowest BCUT2D eigenvalue weighted by molar-refractivity contribution is -0.132. The standard InChI is InChI=1S/C19H32N2O.C7H11NO3.C3H8.CH5N/c1-14(18(2,3)4)21-17(22)12-19(5,6)16-10-8-15(9-11-16)13-20-7;1-6(7(10)11)3-4-8(2)5-9;1-3-2;1-2/h8-11,14,20H,12-13H2,1-7H3,(H,21,22);3,5H,4H2,1-2H3,(H,10,11);3H2,1-2H3;2H2,1H3/b;6-3+;;. The summed E-state index contributed by atoms with van der Waals surface area (Å²) in [6, 6.07) is 8.68. The lowest BCUT2D eigenvalue weighted by Crippen LogP contribution is -2.43. The first-order chi connectivity index (χ1) is 17.5. The van der Waals surface area contributed by atoms with Crippen LogP contribution in [0.15, 0.2) is 35.9 Å². The molecule has 2 amide bonds. The van der Waals surface area contributed by atoms with E-state index in [9.17, 15) is 14.4 Å². The summed E-state index contributed by atoms with van der Waals surface area (Å²) in [7, 11) is 5.03. The van der Waals surface area contributed by atoms with Crippen molar-refractivity contribution >= 4 is 18.3 Å². The Hall–Kier alpha value is -2.71. The van der Waals surface area contributed by atoms with Gasteiger partial charge in [0.25, 0.3) is 0 Å². The van der Waals surface area contributed by atoms with E-state index < -0.39 is 5.97 Å². The fourth-order valence-corrected chi connectivity index (χ4v) is 2.70. The number of nitrogens with two attached hydrogens (primary N) is 1.